The third kappa shape index (κ3) is 3.35. The Hall–Kier alpha value is -0.470. The molecule has 19 heavy (non-hydrogen) atoms. The number of nitrogens with one attached hydrogen (secondary N) is 1. The highest BCUT2D eigenvalue weighted by Gasteiger charge is 2.33. The minimum atomic E-state index is -3.54. The molecule has 1 aromatic rings. The summed E-state index contributed by atoms with van der Waals surface area (Å²) in [5.74, 6) is 0. The number of ether oxygens (including phenoxy) is 1. The summed E-state index contributed by atoms with van der Waals surface area (Å²) in [6, 6.07) is 4.62. The van der Waals surface area contributed by atoms with Crippen molar-refractivity contribution >= 4 is 26.0 Å². The molecule has 0 aromatic heterocycles. The van der Waals surface area contributed by atoms with E-state index in [1.165, 1.54) is 6.07 Å². The van der Waals surface area contributed by atoms with Gasteiger partial charge in [0, 0.05) is 17.6 Å². The lowest BCUT2D eigenvalue weighted by Crippen LogP contribution is -2.47. The van der Waals surface area contributed by atoms with Crippen LogP contribution in [0.15, 0.2) is 27.6 Å². The first-order valence-electron chi connectivity index (χ1n) is 5.90. The molecule has 0 aliphatic heterocycles. The second-order valence-electron chi connectivity index (χ2n) is 4.57. The molecule has 1 aliphatic carbocycles. The summed E-state index contributed by atoms with van der Waals surface area (Å²) in [7, 11) is -1.92. The van der Waals surface area contributed by atoms with Crippen LogP contribution < -0.4 is 4.72 Å². The third-order valence-corrected chi connectivity index (χ3v) is 5.72. The van der Waals surface area contributed by atoms with Crippen molar-refractivity contribution < 1.29 is 18.3 Å². The van der Waals surface area contributed by atoms with Crippen molar-refractivity contribution in [1.29, 1.82) is 0 Å². The minimum absolute atomic E-state index is 0.0700. The fourth-order valence-corrected chi connectivity index (χ4v) is 4.38. The lowest BCUT2D eigenvalue weighted by Gasteiger charge is -2.34. The maximum absolute atomic E-state index is 12.2. The maximum Gasteiger partial charge on any atom is 0.241 e. The van der Waals surface area contributed by atoms with Gasteiger partial charge in [-0.3, -0.25) is 0 Å². The lowest BCUT2D eigenvalue weighted by molar-refractivity contribution is 0.0236. The molecule has 0 saturated heterocycles. The Kier molecular flexibility index (Phi) is 4.62. The molecule has 0 bridgehead atoms. The Balaban J connectivity index is 2.12. The highest BCUT2D eigenvalue weighted by atomic mass is 79.9. The predicted octanol–water partition coefficient (Wildman–Crippen LogP) is 1.40. The molecule has 0 unspecified atom stereocenters. The highest BCUT2D eigenvalue weighted by molar-refractivity contribution is 9.10. The maximum atomic E-state index is 12.2. The minimum Gasteiger partial charge on any atom is -0.392 e. The molecule has 106 valence electrons. The Morgan fingerprint density at radius 1 is 1.47 bits per heavy atom. The fraction of sp³-hybridized carbons (Fsp3) is 0.500. The molecule has 1 saturated carbocycles. The molecule has 2 N–H and O–H groups in total. The van der Waals surface area contributed by atoms with Crippen LogP contribution in [0.3, 0.4) is 0 Å². The normalized spacial score (nSPS) is 23.1. The number of methoxy groups -OCH3 is 1. The Bertz CT molecular complexity index is 555. The van der Waals surface area contributed by atoms with E-state index in [4.69, 9.17) is 9.84 Å². The molecule has 1 fully saturated rings. The zero-order valence-corrected chi connectivity index (χ0v) is 12.9. The van der Waals surface area contributed by atoms with Gasteiger partial charge in [0.05, 0.1) is 17.6 Å². The quantitative estimate of drug-likeness (QED) is 0.842. The van der Waals surface area contributed by atoms with Gasteiger partial charge in [0.15, 0.2) is 0 Å². The van der Waals surface area contributed by atoms with Gasteiger partial charge in [0.25, 0.3) is 0 Å². The largest absolute Gasteiger partial charge is 0.392 e. The van der Waals surface area contributed by atoms with Crippen LogP contribution in [0.1, 0.15) is 18.4 Å². The zero-order chi connectivity index (χ0) is 14.0. The van der Waals surface area contributed by atoms with Gasteiger partial charge in [-0.1, -0.05) is 6.07 Å². The first-order valence-corrected chi connectivity index (χ1v) is 8.18. The molecule has 0 spiro atoms. The molecule has 0 radical (unpaired) electrons. The standard InChI is InChI=1S/C12H16BrNO4S/c1-18-10-5-9(6-10)14-19(16,17)12-3-2-8(7-15)4-11(12)13/h2-4,9-10,14-15H,5-7H2,1H3. The topological polar surface area (TPSA) is 75.6 Å². The van der Waals surface area contributed by atoms with Gasteiger partial charge in [-0.05, 0) is 46.5 Å². The second-order valence-corrected chi connectivity index (χ2v) is 7.11. The molecular weight excluding hydrogens is 334 g/mol. The second kappa shape index (κ2) is 5.88. The van der Waals surface area contributed by atoms with Crippen LogP contribution in [0.5, 0.6) is 0 Å². The van der Waals surface area contributed by atoms with Crippen LogP contribution in [0, 0.1) is 0 Å². The first kappa shape index (κ1) is 14.9. The van der Waals surface area contributed by atoms with Crippen LogP contribution in [-0.4, -0.2) is 32.8 Å². The monoisotopic (exact) mass is 349 g/mol. The number of aliphatic hydroxyl groups is 1. The molecule has 2 rings (SSSR count). The van der Waals surface area contributed by atoms with E-state index in [0.29, 0.717) is 22.9 Å². The number of aliphatic hydroxyl groups excluding tert-OH is 1. The van der Waals surface area contributed by atoms with E-state index in [-0.39, 0.29) is 23.6 Å². The van der Waals surface area contributed by atoms with Gasteiger partial charge < -0.3 is 9.84 Å². The Morgan fingerprint density at radius 3 is 2.68 bits per heavy atom. The van der Waals surface area contributed by atoms with Crippen molar-refractivity contribution in [2.45, 2.75) is 36.5 Å². The van der Waals surface area contributed by atoms with E-state index >= 15 is 0 Å². The lowest BCUT2D eigenvalue weighted by atomic mass is 9.90. The van der Waals surface area contributed by atoms with Crippen molar-refractivity contribution in [2.75, 3.05) is 7.11 Å². The van der Waals surface area contributed by atoms with Crippen molar-refractivity contribution in [3.05, 3.63) is 28.2 Å². The van der Waals surface area contributed by atoms with Crippen LogP contribution in [-0.2, 0) is 21.4 Å². The van der Waals surface area contributed by atoms with Crippen molar-refractivity contribution in [3.8, 4) is 0 Å². The van der Waals surface area contributed by atoms with Gasteiger partial charge in [-0.25, -0.2) is 13.1 Å². The van der Waals surface area contributed by atoms with Gasteiger partial charge in [-0.2, -0.15) is 0 Å². The van der Waals surface area contributed by atoms with Crippen LogP contribution in [0.2, 0.25) is 0 Å². The van der Waals surface area contributed by atoms with Crippen molar-refractivity contribution in [2.24, 2.45) is 0 Å². The van der Waals surface area contributed by atoms with E-state index in [9.17, 15) is 8.42 Å². The van der Waals surface area contributed by atoms with Crippen LogP contribution in [0.25, 0.3) is 0 Å². The summed E-state index contributed by atoms with van der Waals surface area (Å²) < 4.78 is 32.6. The summed E-state index contributed by atoms with van der Waals surface area (Å²) in [5, 5.41) is 9.00. The van der Waals surface area contributed by atoms with E-state index in [0.717, 1.165) is 0 Å². The molecule has 0 atom stereocenters. The number of halogens is 1. The molecule has 1 aliphatic rings. The molecule has 7 heteroatoms. The summed E-state index contributed by atoms with van der Waals surface area (Å²) >= 11 is 3.22. The highest BCUT2D eigenvalue weighted by Crippen LogP contribution is 2.27. The van der Waals surface area contributed by atoms with Crippen LogP contribution >= 0.6 is 15.9 Å². The van der Waals surface area contributed by atoms with Crippen molar-refractivity contribution in [3.63, 3.8) is 0 Å². The summed E-state index contributed by atoms with van der Waals surface area (Å²) in [5.41, 5.74) is 0.661. The summed E-state index contributed by atoms with van der Waals surface area (Å²) in [6.45, 7) is -0.121. The van der Waals surface area contributed by atoms with E-state index in [1.807, 2.05) is 0 Å². The van der Waals surface area contributed by atoms with Crippen LogP contribution in [0.4, 0.5) is 0 Å². The van der Waals surface area contributed by atoms with Gasteiger partial charge in [-0.15, -0.1) is 0 Å². The zero-order valence-electron chi connectivity index (χ0n) is 10.5. The molecule has 1 aromatic carbocycles. The predicted molar refractivity (Wildman–Crippen MR) is 74.2 cm³/mol. The SMILES string of the molecule is COC1CC(NS(=O)(=O)c2ccc(CO)cc2Br)C1. The smallest absolute Gasteiger partial charge is 0.241 e. The molecule has 5 nitrogen and oxygen atoms in total. The summed E-state index contributed by atoms with van der Waals surface area (Å²) in [4.78, 5) is 0.186. The average molecular weight is 350 g/mol. The Morgan fingerprint density at radius 2 is 2.16 bits per heavy atom. The van der Waals surface area contributed by atoms with Crippen molar-refractivity contribution in [1.82, 2.24) is 4.72 Å². The molecular formula is C12H16BrNO4S. The fourth-order valence-electron chi connectivity index (χ4n) is 2.00. The van der Waals surface area contributed by atoms with E-state index < -0.39 is 10.0 Å². The molecule has 0 amide bonds. The average Bonchev–Trinajstić information content (AvgIpc) is 2.32. The van der Waals surface area contributed by atoms with E-state index in [2.05, 4.69) is 20.7 Å². The third-order valence-electron chi connectivity index (χ3n) is 3.22. The number of benzene rings is 1. The number of hydrogen-bond donors (Lipinski definition) is 2. The summed E-state index contributed by atoms with van der Waals surface area (Å²) in [6.07, 6.45) is 1.54. The number of sulfonamides is 1. The van der Waals surface area contributed by atoms with E-state index in [1.54, 1.807) is 19.2 Å². The van der Waals surface area contributed by atoms with Gasteiger partial charge in [0.1, 0.15) is 0 Å². The number of hydrogen-bond acceptors (Lipinski definition) is 4. The Labute approximate surface area is 121 Å². The first-order chi connectivity index (χ1) is 8.96. The van der Waals surface area contributed by atoms with Gasteiger partial charge >= 0.3 is 0 Å². The molecule has 0 heterocycles. The van der Waals surface area contributed by atoms with Gasteiger partial charge in [0.2, 0.25) is 10.0 Å². The number of rotatable bonds is 5.